The maximum absolute atomic E-state index is 12.5. The van der Waals surface area contributed by atoms with Crippen LogP contribution in [0.5, 0.6) is 17.2 Å². The second-order valence-corrected chi connectivity index (χ2v) is 9.43. The van der Waals surface area contributed by atoms with Crippen LogP contribution in [0.2, 0.25) is 0 Å². The molecule has 0 fully saturated rings. The summed E-state index contributed by atoms with van der Waals surface area (Å²) < 4.78 is 42.9. The van der Waals surface area contributed by atoms with Gasteiger partial charge in [0, 0.05) is 17.3 Å². The zero-order valence-corrected chi connectivity index (χ0v) is 22.4. The zero-order valence-electron chi connectivity index (χ0n) is 21.6. The van der Waals surface area contributed by atoms with Gasteiger partial charge in [-0.1, -0.05) is 32.0 Å². The molecule has 38 heavy (non-hydrogen) atoms. The molecule has 11 heteroatoms. The number of para-hydroxylation sites is 2. The van der Waals surface area contributed by atoms with Crippen LogP contribution in [0.15, 0.2) is 54.7 Å². The number of nitrogens with zero attached hydrogens (tertiary/aromatic N) is 2. The van der Waals surface area contributed by atoms with E-state index in [1.165, 1.54) is 12.1 Å². The van der Waals surface area contributed by atoms with Gasteiger partial charge in [0.2, 0.25) is 5.91 Å². The molecule has 1 amide bonds. The average Bonchev–Trinajstić information content (AvgIpc) is 2.90. The van der Waals surface area contributed by atoms with Gasteiger partial charge in [-0.2, -0.15) is 0 Å². The number of methoxy groups -OCH3 is 1. The Balaban J connectivity index is 2.01. The van der Waals surface area contributed by atoms with Crippen LogP contribution in [-0.4, -0.2) is 51.7 Å². The number of anilines is 2. The van der Waals surface area contributed by atoms with E-state index < -0.39 is 17.2 Å². The lowest BCUT2D eigenvalue weighted by Crippen LogP contribution is -2.24. The van der Waals surface area contributed by atoms with Crippen molar-refractivity contribution < 1.29 is 32.9 Å². The van der Waals surface area contributed by atoms with Crippen LogP contribution in [-0.2, 0) is 17.7 Å². The molecular weight excluding hydrogens is 510 g/mol. The summed E-state index contributed by atoms with van der Waals surface area (Å²) in [4.78, 5) is 16.5. The molecule has 0 aliphatic rings. The monoisotopic (exact) mass is 542 g/mol. The molecule has 0 aliphatic heterocycles. The molecule has 204 valence electrons. The topological polar surface area (TPSA) is 147 Å². The molecule has 0 bridgehead atoms. The highest BCUT2D eigenvalue weighted by molar-refractivity contribution is 7.81. The smallest absolute Gasteiger partial charge is 0.248 e. The maximum atomic E-state index is 12.5. The number of carbonyl (C=O) groups excluding carboxylic acids is 1. The number of aliphatic hydroxyl groups excluding tert-OH is 1. The van der Waals surface area contributed by atoms with Crippen LogP contribution >= 0.6 is 0 Å². The molecule has 0 spiro atoms. The summed E-state index contributed by atoms with van der Waals surface area (Å²) in [7, 11) is 1.55. The van der Waals surface area contributed by atoms with Crippen molar-refractivity contribution in [3.05, 3.63) is 71.4 Å². The highest BCUT2D eigenvalue weighted by Crippen LogP contribution is 2.37. The van der Waals surface area contributed by atoms with E-state index in [0.29, 0.717) is 36.5 Å². The second kappa shape index (κ2) is 13.8. The Bertz CT molecular complexity index is 1250. The molecular formula is C27H32N3O7S-. The number of ether oxygens (including phenoxy) is 3. The number of carbonyl (C=O) groups is 1. The number of primary amides is 1. The van der Waals surface area contributed by atoms with Gasteiger partial charge < -0.3 is 29.6 Å². The van der Waals surface area contributed by atoms with Gasteiger partial charge in [0.1, 0.15) is 18.2 Å². The predicted molar refractivity (Wildman–Crippen MR) is 144 cm³/mol. The molecule has 1 atom stereocenters. The first-order valence-electron chi connectivity index (χ1n) is 12.1. The summed E-state index contributed by atoms with van der Waals surface area (Å²) in [6.45, 7) is 3.97. The summed E-state index contributed by atoms with van der Waals surface area (Å²) >= 11 is -2.79. The Morgan fingerprint density at radius 1 is 1.11 bits per heavy atom. The zero-order chi connectivity index (χ0) is 27.7. The molecule has 10 nitrogen and oxygen atoms in total. The molecule has 0 saturated heterocycles. The number of hydrogen-bond donors (Lipinski definition) is 2. The average molecular weight is 543 g/mol. The van der Waals surface area contributed by atoms with Crippen LogP contribution in [0, 0.1) is 0 Å². The molecule has 2 aromatic carbocycles. The molecule has 3 rings (SSSR count). The number of pyridine rings is 1. The Labute approximate surface area is 224 Å². The third kappa shape index (κ3) is 7.21. The number of rotatable bonds is 14. The fraction of sp³-hybridized carbons (Fsp3) is 0.333. The van der Waals surface area contributed by atoms with Crippen molar-refractivity contribution in [3.63, 3.8) is 0 Å². The Morgan fingerprint density at radius 3 is 2.39 bits per heavy atom. The lowest BCUT2D eigenvalue weighted by molar-refractivity contribution is 0.0999. The summed E-state index contributed by atoms with van der Waals surface area (Å²) in [5.41, 5.74) is 7.20. The first-order chi connectivity index (χ1) is 18.3. The predicted octanol–water partition coefficient (Wildman–Crippen LogP) is 3.63. The SMILES string of the molecule is COc1ccccc1OCCCc1c(OCCO)cc(C(N)=O)cc1N(c1ccc(C(C)C)cn1)S(=O)[O-]. The van der Waals surface area contributed by atoms with E-state index in [-0.39, 0.29) is 41.9 Å². The molecule has 3 aromatic rings. The number of amides is 1. The molecule has 1 unspecified atom stereocenters. The number of nitrogens with two attached hydrogens (primary N) is 1. The van der Waals surface area contributed by atoms with Crippen LogP contribution in [0.25, 0.3) is 0 Å². The van der Waals surface area contributed by atoms with E-state index in [1.807, 2.05) is 26.0 Å². The van der Waals surface area contributed by atoms with Crippen molar-refractivity contribution >= 4 is 28.7 Å². The van der Waals surface area contributed by atoms with Crippen molar-refractivity contribution in [2.24, 2.45) is 5.73 Å². The van der Waals surface area contributed by atoms with Crippen LogP contribution < -0.4 is 24.2 Å². The highest BCUT2D eigenvalue weighted by Gasteiger charge is 2.22. The number of aromatic nitrogens is 1. The number of benzene rings is 2. The van der Waals surface area contributed by atoms with E-state index >= 15 is 0 Å². The maximum Gasteiger partial charge on any atom is 0.248 e. The fourth-order valence-corrected chi connectivity index (χ4v) is 4.38. The Hall–Kier alpha value is -3.67. The van der Waals surface area contributed by atoms with Gasteiger partial charge in [-0.3, -0.25) is 13.3 Å². The third-order valence-electron chi connectivity index (χ3n) is 5.73. The number of aliphatic hydroxyl groups is 1. The van der Waals surface area contributed by atoms with E-state index in [0.717, 1.165) is 9.87 Å². The molecule has 3 N–H and O–H groups in total. The molecule has 0 radical (unpaired) electrons. The quantitative estimate of drug-likeness (QED) is 0.232. The lowest BCUT2D eigenvalue weighted by atomic mass is 10.0. The van der Waals surface area contributed by atoms with Crippen molar-refractivity contribution in [2.45, 2.75) is 32.6 Å². The Kier molecular flexibility index (Phi) is 10.5. The summed E-state index contributed by atoms with van der Waals surface area (Å²) in [6, 6.07) is 13.5. The third-order valence-corrected chi connectivity index (χ3v) is 6.41. The fourth-order valence-electron chi connectivity index (χ4n) is 3.80. The standard InChI is InChI=1S/C27H33N3O7S/c1-18(2)19-10-11-26(29-17-19)30(38(33)34)22-15-20(27(28)32)16-25(37-14-12-31)21(22)7-6-13-36-24-9-5-4-8-23(24)35-3/h4-5,8-11,15-18,31H,6-7,12-14H2,1-3H3,(H2,28,32)(H,33,34)/p-1. The van der Waals surface area contributed by atoms with E-state index in [9.17, 15) is 18.7 Å². The van der Waals surface area contributed by atoms with Gasteiger partial charge in [-0.15, -0.1) is 0 Å². The van der Waals surface area contributed by atoms with Gasteiger partial charge in [0.25, 0.3) is 0 Å². The minimum absolute atomic E-state index is 0.0520. The van der Waals surface area contributed by atoms with Crippen molar-refractivity contribution in [3.8, 4) is 17.2 Å². The van der Waals surface area contributed by atoms with Gasteiger partial charge in [-0.05, 0) is 54.7 Å². The minimum atomic E-state index is -2.79. The van der Waals surface area contributed by atoms with Crippen molar-refractivity contribution in [2.75, 3.05) is 31.2 Å². The molecule has 1 heterocycles. The van der Waals surface area contributed by atoms with Crippen LogP contribution in [0.3, 0.4) is 0 Å². The van der Waals surface area contributed by atoms with Crippen molar-refractivity contribution in [1.82, 2.24) is 4.98 Å². The molecule has 0 aliphatic carbocycles. The van der Waals surface area contributed by atoms with Crippen LogP contribution in [0.4, 0.5) is 11.5 Å². The Morgan fingerprint density at radius 2 is 1.82 bits per heavy atom. The summed E-state index contributed by atoms with van der Waals surface area (Å²) in [5.74, 6) is 0.993. The van der Waals surface area contributed by atoms with E-state index in [4.69, 9.17) is 19.9 Å². The largest absolute Gasteiger partial charge is 0.755 e. The van der Waals surface area contributed by atoms with Gasteiger partial charge in [-0.25, -0.2) is 4.98 Å². The number of hydrogen-bond acceptors (Lipinski definition) is 8. The van der Waals surface area contributed by atoms with Crippen molar-refractivity contribution in [1.29, 1.82) is 0 Å². The highest BCUT2D eigenvalue weighted by atomic mass is 32.2. The molecule has 1 aromatic heterocycles. The summed E-state index contributed by atoms with van der Waals surface area (Å²) in [5, 5.41) is 9.33. The van der Waals surface area contributed by atoms with Gasteiger partial charge in [0.05, 0.1) is 37.3 Å². The molecule has 0 saturated carbocycles. The minimum Gasteiger partial charge on any atom is -0.755 e. The van der Waals surface area contributed by atoms with E-state index in [2.05, 4.69) is 4.98 Å². The van der Waals surface area contributed by atoms with Gasteiger partial charge >= 0.3 is 0 Å². The normalized spacial score (nSPS) is 11.7. The lowest BCUT2D eigenvalue weighted by Gasteiger charge is -2.29. The first-order valence-corrected chi connectivity index (χ1v) is 13.1. The summed E-state index contributed by atoms with van der Waals surface area (Å²) in [6.07, 6.45) is 2.40. The van der Waals surface area contributed by atoms with Crippen LogP contribution in [0.1, 0.15) is 47.7 Å². The second-order valence-electron chi connectivity index (χ2n) is 8.63. The van der Waals surface area contributed by atoms with Gasteiger partial charge in [0.15, 0.2) is 11.5 Å². The van der Waals surface area contributed by atoms with E-state index in [1.54, 1.807) is 37.6 Å². The first kappa shape index (κ1) is 28.9.